The van der Waals surface area contributed by atoms with E-state index >= 15 is 0 Å². The molecule has 0 N–H and O–H groups in total. The third-order valence-corrected chi connectivity index (χ3v) is 2.98. The lowest BCUT2D eigenvalue weighted by molar-refractivity contribution is 0.270. The van der Waals surface area contributed by atoms with Gasteiger partial charge in [-0.1, -0.05) is 12.1 Å². The first-order valence-corrected chi connectivity index (χ1v) is 5.14. The number of aromatic nitrogens is 3. The van der Waals surface area contributed by atoms with Gasteiger partial charge in [-0.05, 0) is 38.5 Å². The summed E-state index contributed by atoms with van der Waals surface area (Å²) in [6.07, 6.45) is 7.27. The minimum atomic E-state index is 0.609. The lowest BCUT2D eigenvalue weighted by atomic mass is 9.87. The van der Waals surface area contributed by atoms with Crippen molar-refractivity contribution in [1.82, 2.24) is 15.0 Å². The molecule has 0 spiro atoms. The Morgan fingerprint density at radius 3 is 2.54 bits per heavy atom. The Balaban J connectivity index is 2.02. The molecule has 0 amide bonds. The number of aryl methyl sites for hydroxylation is 1. The number of hydrogen-bond acceptors (Lipinski definition) is 2. The minimum absolute atomic E-state index is 0.609. The molecule has 13 heavy (non-hydrogen) atoms. The summed E-state index contributed by atoms with van der Waals surface area (Å²) < 4.78 is 2.04. The van der Waals surface area contributed by atoms with E-state index in [9.17, 15) is 0 Å². The molecular weight excluding hydrogens is 162 g/mol. The highest BCUT2D eigenvalue weighted by Gasteiger charge is 2.20. The predicted molar refractivity (Wildman–Crippen MR) is 51.4 cm³/mol. The first-order chi connectivity index (χ1) is 6.25. The van der Waals surface area contributed by atoms with Gasteiger partial charge in [-0.3, -0.25) is 0 Å². The van der Waals surface area contributed by atoms with Gasteiger partial charge in [0.15, 0.2) is 0 Å². The molecule has 72 valence electrons. The monoisotopic (exact) mass is 179 g/mol. The van der Waals surface area contributed by atoms with Gasteiger partial charge in [0.1, 0.15) is 0 Å². The van der Waals surface area contributed by atoms with Crippen LogP contribution in [-0.2, 0) is 0 Å². The molecule has 1 aromatic heterocycles. The van der Waals surface area contributed by atoms with Crippen molar-refractivity contribution in [2.75, 3.05) is 0 Å². The second-order valence-electron chi connectivity index (χ2n) is 4.25. The van der Waals surface area contributed by atoms with Crippen molar-refractivity contribution in [1.29, 1.82) is 0 Å². The zero-order chi connectivity index (χ0) is 9.26. The maximum absolute atomic E-state index is 4.13. The summed E-state index contributed by atoms with van der Waals surface area (Å²) in [7, 11) is 0. The standard InChI is InChI=1S/C10H17N3/c1-8-3-5-10(6-4-8)13-7-9(2)11-12-13/h7-8,10H,3-6H2,1-2H3/t8-,10-. The van der Waals surface area contributed by atoms with E-state index in [4.69, 9.17) is 0 Å². The van der Waals surface area contributed by atoms with E-state index < -0.39 is 0 Å². The van der Waals surface area contributed by atoms with Crippen LogP contribution in [0.1, 0.15) is 44.3 Å². The third kappa shape index (κ3) is 1.90. The summed E-state index contributed by atoms with van der Waals surface area (Å²) >= 11 is 0. The Labute approximate surface area is 79.1 Å². The van der Waals surface area contributed by atoms with Crippen molar-refractivity contribution >= 4 is 0 Å². The van der Waals surface area contributed by atoms with Crippen LogP contribution in [0.5, 0.6) is 0 Å². The molecule has 1 saturated carbocycles. The van der Waals surface area contributed by atoms with Crippen molar-refractivity contribution in [2.24, 2.45) is 5.92 Å². The van der Waals surface area contributed by atoms with Crippen molar-refractivity contribution in [2.45, 2.75) is 45.6 Å². The molecule has 1 aromatic rings. The zero-order valence-electron chi connectivity index (χ0n) is 8.40. The van der Waals surface area contributed by atoms with Crippen LogP contribution in [0.4, 0.5) is 0 Å². The molecule has 1 heterocycles. The first kappa shape index (κ1) is 8.73. The molecule has 0 aliphatic heterocycles. The Kier molecular flexibility index (Phi) is 2.34. The molecular formula is C10H17N3. The van der Waals surface area contributed by atoms with Crippen molar-refractivity contribution in [3.63, 3.8) is 0 Å². The molecule has 3 nitrogen and oxygen atoms in total. The molecule has 1 aliphatic carbocycles. The Hall–Kier alpha value is -0.860. The van der Waals surface area contributed by atoms with Crippen LogP contribution in [0.2, 0.25) is 0 Å². The van der Waals surface area contributed by atoms with Gasteiger partial charge in [0.25, 0.3) is 0 Å². The second-order valence-corrected chi connectivity index (χ2v) is 4.25. The second kappa shape index (κ2) is 3.48. The molecule has 1 aliphatic rings. The number of hydrogen-bond donors (Lipinski definition) is 0. The molecule has 0 saturated heterocycles. The first-order valence-electron chi connectivity index (χ1n) is 5.14. The van der Waals surface area contributed by atoms with Gasteiger partial charge in [0.05, 0.1) is 11.7 Å². The van der Waals surface area contributed by atoms with Crippen LogP contribution < -0.4 is 0 Å². The molecule has 0 radical (unpaired) electrons. The summed E-state index contributed by atoms with van der Waals surface area (Å²) in [6, 6.07) is 0.609. The maximum atomic E-state index is 4.13. The fourth-order valence-corrected chi connectivity index (χ4v) is 2.05. The van der Waals surface area contributed by atoms with Crippen molar-refractivity contribution < 1.29 is 0 Å². The van der Waals surface area contributed by atoms with Gasteiger partial charge >= 0.3 is 0 Å². The minimum Gasteiger partial charge on any atom is -0.249 e. The lowest BCUT2D eigenvalue weighted by Crippen LogP contribution is -2.17. The molecule has 0 aromatic carbocycles. The highest BCUT2D eigenvalue weighted by atomic mass is 15.4. The van der Waals surface area contributed by atoms with E-state index in [-0.39, 0.29) is 0 Å². The average molecular weight is 179 g/mol. The van der Waals surface area contributed by atoms with Crippen molar-refractivity contribution in [3.8, 4) is 0 Å². The fraction of sp³-hybridized carbons (Fsp3) is 0.800. The van der Waals surface area contributed by atoms with Crippen LogP contribution in [0.15, 0.2) is 6.20 Å². The summed E-state index contributed by atoms with van der Waals surface area (Å²) in [5, 5.41) is 8.15. The molecule has 0 unspecified atom stereocenters. The van der Waals surface area contributed by atoms with Gasteiger partial charge in [-0.2, -0.15) is 0 Å². The Bertz CT molecular complexity index is 271. The summed E-state index contributed by atoms with van der Waals surface area (Å²) in [4.78, 5) is 0. The summed E-state index contributed by atoms with van der Waals surface area (Å²) in [5.41, 5.74) is 1.03. The van der Waals surface area contributed by atoms with Gasteiger partial charge < -0.3 is 0 Å². The van der Waals surface area contributed by atoms with Crippen LogP contribution in [0.25, 0.3) is 0 Å². The summed E-state index contributed by atoms with van der Waals surface area (Å²) in [6.45, 7) is 4.33. The quantitative estimate of drug-likeness (QED) is 0.662. The van der Waals surface area contributed by atoms with Gasteiger partial charge in [0.2, 0.25) is 0 Å². The highest BCUT2D eigenvalue weighted by Crippen LogP contribution is 2.30. The molecule has 0 atom stereocenters. The van der Waals surface area contributed by atoms with Gasteiger partial charge in [0, 0.05) is 6.20 Å². The maximum Gasteiger partial charge on any atom is 0.0796 e. The zero-order valence-corrected chi connectivity index (χ0v) is 8.40. The predicted octanol–water partition coefficient (Wildman–Crippen LogP) is 2.34. The number of nitrogens with zero attached hydrogens (tertiary/aromatic N) is 3. The lowest BCUT2D eigenvalue weighted by Gasteiger charge is -2.25. The summed E-state index contributed by atoms with van der Waals surface area (Å²) in [5.74, 6) is 0.904. The van der Waals surface area contributed by atoms with Crippen LogP contribution in [0.3, 0.4) is 0 Å². The van der Waals surface area contributed by atoms with E-state index in [0.717, 1.165) is 11.6 Å². The Morgan fingerprint density at radius 1 is 1.31 bits per heavy atom. The number of rotatable bonds is 1. The van der Waals surface area contributed by atoms with E-state index in [1.165, 1.54) is 25.7 Å². The topological polar surface area (TPSA) is 30.7 Å². The van der Waals surface area contributed by atoms with Gasteiger partial charge in [-0.25, -0.2) is 4.68 Å². The van der Waals surface area contributed by atoms with E-state index in [1.54, 1.807) is 0 Å². The van der Waals surface area contributed by atoms with Gasteiger partial charge in [-0.15, -0.1) is 5.10 Å². The largest absolute Gasteiger partial charge is 0.249 e. The van der Waals surface area contributed by atoms with Crippen molar-refractivity contribution in [3.05, 3.63) is 11.9 Å². The molecule has 2 rings (SSSR count). The van der Waals surface area contributed by atoms with Crippen LogP contribution in [0, 0.1) is 12.8 Å². The van der Waals surface area contributed by atoms with Crippen LogP contribution >= 0.6 is 0 Å². The van der Waals surface area contributed by atoms with E-state index in [2.05, 4.69) is 23.4 Å². The Morgan fingerprint density at radius 2 is 2.00 bits per heavy atom. The molecule has 3 heteroatoms. The van der Waals surface area contributed by atoms with E-state index in [1.807, 2.05) is 11.6 Å². The fourth-order valence-electron chi connectivity index (χ4n) is 2.05. The smallest absolute Gasteiger partial charge is 0.0796 e. The molecule has 1 fully saturated rings. The third-order valence-electron chi connectivity index (χ3n) is 2.98. The SMILES string of the molecule is Cc1cn([C@H]2CC[C@H](C)CC2)nn1. The van der Waals surface area contributed by atoms with Crippen LogP contribution in [-0.4, -0.2) is 15.0 Å². The average Bonchev–Trinajstić information content (AvgIpc) is 2.53. The normalized spacial score (nSPS) is 29.1. The molecule has 0 bridgehead atoms. The highest BCUT2D eigenvalue weighted by molar-refractivity contribution is 4.89. The van der Waals surface area contributed by atoms with E-state index in [0.29, 0.717) is 6.04 Å².